The van der Waals surface area contributed by atoms with E-state index in [0.29, 0.717) is 21.5 Å². The number of nitrogens with one attached hydrogen (secondary N) is 2. The molecule has 1 aliphatic rings. The molecule has 3 rings (SSSR count). The van der Waals surface area contributed by atoms with Crippen LogP contribution < -0.4 is 15.4 Å². The van der Waals surface area contributed by atoms with Gasteiger partial charge in [-0.1, -0.05) is 40.2 Å². The van der Waals surface area contributed by atoms with Crippen molar-refractivity contribution in [2.75, 3.05) is 19.0 Å². The molecule has 0 aliphatic carbocycles. The van der Waals surface area contributed by atoms with Crippen LogP contribution in [0.5, 0.6) is 5.75 Å². The van der Waals surface area contributed by atoms with Gasteiger partial charge in [0, 0.05) is 10.0 Å². The topological polar surface area (TPSA) is 87.7 Å². The van der Waals surface area contributed by atoms with E-state index in [1.54, 1.807) is 37.3 Å². The van der Waals surface area contributed by atoms with Crippen molar-refractivity contribution >= 4 is 39.5 Å². The summed E-state index contributed by atoms with van der Waals surface area (Å²) in [5, 5.41) is 5.39. The highest BCUT2D eigenvalue weighted by Gasteiger charge is 2.50. The second-order valence-electron chi connectivity index (χ2n) is 6.68. The minimum Gasteiger partial charge on any atom is -0.495 e. The first-order valence-electron chi connectivity index (χ1n) is 8.60. The molecule has 0 unspecified atom stereocenters. The smallest absolute Gasteiger partial charge is 0.325 e. The molecular weight excluding hydrogens is 426 g/mol. The van der Waals surface area contributed by atoms with Crippen molar-refractivity contribution in [3.8, 4) is 5.75 Å². The first-order chi connectivity index (χ1) is 13.3. The number of hydrogen-bond donors (Lipinski definition) is 2. The van der Waals surface area contributed by atoms with E-state index < -0.39 is 29.9 Å². The molecule has 0 spiro atoms. The normalized spacial score (nSPS) is 18.8. The number of imide groups is 1. The molecule has 0 saturated carbocycles. The lowest BCUT2D eigenvalue weighted by Gasteiger charge is -2.23. The van der Waals surface area contributed by atoms with Crippen molar-refractivity contribution in [1.29, 1.82) is 0 Å². The van der Waals surface area contributed by atoms with Crippen molar-refractivity contribution in [2.45, 2.75) is 19.4 Å². The summed E-state index contributed by atoms with van der Waals surface area (Å²) in [6, 6.07) is 11.9. The number of methoxy groups -OCH3 is 1. The summed E-state index contributed by atoms with van der Waals surface area (Å²) in [6.45, 7) is 3.10. The Balaban J connectivity index is 1.79. The maximum Gasteiger partial charge on any atom is 0.325 e. The third-order valence-electron chi connectivity index (χ3n) is 4.62. The Bertz CT molecular complexity index is 962. The number of urea groups is 1. The van der Waals surface area contributed by atoms with Gasteiger partial charge in [0.25, 0.3) is 5.91 Å². The lowest BCUT2D eigenvalue weighted by Crippen LogP contribution is -2.42. The van der Waals surface area contributed by atoms with Crippen LogP contribution in [0.3, 0.4) is 0 Å². The Morgan fingerprint density at radius 3 is 2.64 bits per heavy atom. The average molecular weight is 446 g/mol. The van der Waals surface area contributed by atoms with E-state index in [-0.39, 0.29) is 0 Å². The van der Waals surface area contributed by atoms with E-state index in [9.17, 15) is 14.4 Å². The van der Waals surface area contributed by atoms with Gasteiger partial charge in [0.2, 0.25) is 5.91 Å². The van der Waals surface area contributed by atoms with E-state index in [2.05, 4.69) is 26.6 Å². The van der Waals surface area contributed by atoms with Gasteiger partial charge in [0.05, 0.1) is 12.8 Å². The van der Waals surface area contributed by atoms with Gasteiger partial charge >= 0.3 is 6.03 Å². The number of aryl methyl sites for hydroxylation is 1. The summed E-state index contributed by atoms with van der Waals surface area (Å²) in [6.07, 6.45) is 0. The number of carbonyl (C=O) groups is 3. The second-order valence-corrected chi connectivity index (χ2v) is 7.53. The SMILES string of the molecule is COc1ccc(C)cc1NC(=O)CN1C(=O)N[C@](C)(c2ccccc2Br)C1=O. The quantitative estimate of drug-likeness (QED) is 0.691. The fourth-order valence-corrected chi connectivity index (χ4v) is 3.82. The molecule has 8 heteroatoms. The fourth-order valence-electron chi connectivity index (χ4n) is 3.14. The third-order valence-corrected chi connectivity index (χ3v) is 5.31. The molecule has 0 bridgehead atoms. The summed E-state index contributed by atoms with van der Waals surface area (Å²) in [5.74, 6) is -0.492. The van der Waals surface area contributed by atoms with Crippen LogP contribution in [0.15, 0.2) is 46.9 Å². The van der Waals surface area contributed by atoms with Crippen LogP contribution in [0.4, 0.5) is 10.5 Å². The summed E-state index contributed by atoms with van der Waals surface area (Å²) < 4.78 is 5.93. The number of nitrogens with zero attached hydrogens (tertiary/aromatic N) is 1. The fraction of sp³-hybridized carbons (Fsp3) is 0.250. The monoisotopic (exact) mass is 445 g/mol. The number of hydrogen-bond acceptors (Lipinski definition) is 4. The summed E-state index contributed by atoms with van der Waals surface area (Å²) in [5.41, 5.74) is 0.788. The molecule has 28 heavy (non-hydrogen) atoms. The van der Waals surface area contributed by atoms with E-state index in [1.807, 2.05) is 19.1 Å². The summed E-state index contributed by atoms with van der Waals surface area (Å²) >= 11 is 3.41. The van der Waals surface area contributed by atoms with Crippen molar-refractivity contribution in [1.82, 2.24) is 10.2 Å². The molecule has 1 saturated heterocycles. The van der Waals surface area contributed by atoms with Crippen LogP contribution in [-0.4, -0.2) is 36.4 Å². The first kappa shape index (κ1) is 19.9. The lowest BCUT2D eigenvalue weighted by atomic mass is 9.92. The Hall–Kier alpha value is -2.87. The predicted molar refractivity (Wildman–Crippen MR) is 108 cm³/mol. The zero-order chi connectivity index (χ0) is 20.5. The minimum absolute atomic E-state index is 0.401. The van der Waals surface area contributed by atoms with E-state index in [4.69, 9.17) is 4.74 Å². The van der Waals surface area contributed by atoms with Crippen molar-refractivity contribution in [2.24, 2.45) is 0 Å². The predicted octanol–water partition coefficient (Wildman–Crippen LogP) is 3.17. The van der Waals surface area contributed by atoms with Gasteiger partial charge in [-0.25, -0.2) is 4.79 Å². The minimum atomic E-state index is -1.25. The molecule has 0 aromatic heterocycles. The van der Waals surface area contributed by atoms with Crippen molar-refractivity contribution < 1.29 is 19.1 Å². The Labute approximate surface area is 171 Å². The van der Waals surface area contributed by atoms with Gasteiger partial charge in [-0.2, -0.15) is 0 Å². The Morgan fingerprint density at radius 2 is 1.96 bits per heavy atom. The Morgan fingerprint density at radius 1 is 1.25 bits per heavy atom. The highest BCUT2D eigenvalue weighted by atomic mass is 79.9. The van der Waals surface area contributed by atoms with Crippen LogP contribution in [0.2, 0.25) is 0 Å². The van der Waals surface area contributed by atoms with E-state index in [0.717, 1.165) is 10.5 Å². The molecule has 4 amide bonds. The molecule has 1 aliphatic heterocycles. The van der Waals surface area contributed by atoms with Crippen LogP contribution >= 0.6 is 15.9 Å². The number of rotatable bonds is 5. The van der Waals surface area contributed by atoms with Crippen LogP contribution in [-0.2, 0) is 15.1 Å². The number of ether oxygens (including phenoxy) is 1. The molecule has 7 nitrogen and oxygen atoms in total. The van der Waals surface area contributed by atoms with Crippen LogP contribution in [0.1, 0.15) is 18.1 Å². The van der Waals surface area contributed by atoms with Gasteiger partial charge < -0.3 is 15.4 Å². The molecule has 1 atom stereocenters. The number of benzene rings is 2. The average Bonchev–Trinajstić information content (AvgIpc) is 2.86. The molecule has 2 aromatic carbocycles. The second kappa shape index (κ2) is 7.63. The van der Waals surface area contributed by atoms with Gasteiger partial charge in [-0.15, -0.1) is 0 Å². The molecule has 0 radical (unpaired) electrons. The highest BCUT2D eigenvalue weighted by Crippen LogP contribution is 2.33. The maximum atomic E-state index is 13.0. The summed E-state index contributed by atoms with van der Waals surface area (Å²) in [7, 11) is 1.50. The van der Waals surface area contributed by atoms with E-state index in [1.165, 1.54) is 7.11 Å². The third kappa shape index (κ3) is 3.60. The lowest BCUT2D eigenvalue weighted by molar-refractivity contribution is -0.133. The first-order valence-corrected chi connectivity index (χ1v) is 9.39. The standard InChI is InChI=1S/C20H20BrN3O4/c1-12-8-9-16(28-3)15(10-12)22-17(25)11-24-18(26)20(2,23-19(24)27)13-6-4-5-7-14(13)21/h4-10H,11H2,1-3H3,(H,22,25)(H,23,27)/t20-/m1/s1. The maximum absolute atomic E-state index is 13.0. The molecule has 146 valence electrons. The molecular formula is C20H20BrN3O4. The van der Waals surface area contributed by atoms with Crippen LogP contribution in [0.25, 0.3) is 0 Å². The zero-order valence-corrected chi connectivity index (χ0v) is 17.3. The van der Waals surface area contributed by atoms with Gasteiger partial charge in [0.1, 0.15) is 17.8 Å². The number of amides is 4. The number of halogens is 1. The largest absolute Gasteiger partial charge is 0.495 e. The van der Waals surface area contributed by atoms with Crippen molar-refractivity contribution in [3.63, 3.8) is 0 Å². The molecule has 1 heterocycles. The van der Waals surface area contributed by atoms with Crippen molar-refractivity contribution in [3.05, 3.63) is 58.1 Å². The zero-order valence-electron chi connectivity index (χ0n) is 15.7. The van der Waals surface area contributed by atoms with Gasteiger partial charge in [-0.05, 0) is 37.6 Å². The molecule has 1 fully saturated rings. The number of carbonyl (C=O) groups excluding carboxylic acids is 3. The molecule has 2 aromatic rings. The Kier molecular flexibility index (Phi) is 5.42. The van der Waals surface area contributed by atoms with E-state index >= 15 is 0 Å². The van der Waals surface area contributed by atoms with Crippen LogP contribution in [0, 0.1) is 6.92 Å². The molecule has 2 N–H and O–H groups in total. The highest BCUT2D eigenvalue weighted by molar-refractivity contribution is 9.10. The summed E-state index contributed by atoms with van der Waals surface area (Å²) in [4.78, 5) is 38.8. The van der Waals surface area contributed by atoms with Gasteiger partial charge in [0.15, 0.2) is 0 Å². The number of anilines is 1. The van der Waals surface area contributed by atoms with Gasteiger partial charge in [-0.3, -0.25) is 14.5 Å².